The van der Waals surface area contributed by atoms with Crippen molar-refractivity contribution in [1.29, 1.82) is 0 Å². The molecule has 12 amide bonds. The summed E-state index contributed by atoms with van der Waals surface area (Å²) in [6.07, 6.45) is 5.08. The lowest BCUT2D eigenvalue weighted by molar-refractivity contribution is -0.148. The van der Waals surface area contributed by atoms with Crippen LogP contribution in [0.4, 0.5) is 0 Å². The Morgan fingerprint density at radius 2 is 1.14 bits per heavy atom. The van der Waals surface area contributed by atoms with Crippen LogP contribution < -0.4 is 53.6 Å². The molecule has 13 atom stereocenters. The minimum Gasteiger partial charge on any atom is -0.480 e. The highest BCUT2D eigenvalue weighted by molar-refractivity contribution is 8.77. The summed E-state index contributed by atoms with van der Waals surface area (Å²) in [5.41, 5.74) is 6.04. The lowest BCUT2D eigenvalue weighted by Crippen LogP contribution is -2.61. The average molecular weight is 1300 g/mol. The molecule has 5 fully saturated rings. The number of hydrogen-bond donors (Lipinski definition) is 13. The number of fused-ring (bicyclic) bond motifs is 11. The molecule has 1 aromatic rings. The Kier molecular flexibility index (Phi) is 27.1. The van der Waals surface area contributed by atoms with Gasteiger partial charge in [0.2, 0.25) is 70.9 Å². The van der Waals surface area contributed by atoms with Crippen LogP contribution in [0.5, 0.6) is 0 Å². The van der Waals surface area contributed by atoms with Gasteiger partial charge in [0.15, 0.2) is 0 Å². The fraction of sp³-hybridized carbons (Fsp3) is 0.698. The largest absolute Gasteiger partial charge is 0.480 e. The number of H-pyrrole nitrogens is 1. The summed E-state index contributed by atoms with van der Waals surface area (Å²) >= 11 is 0. The fourth-order valence-corrected chi connectivity index (χ4v) is 15.3. The quantitative estimate of drug-likeness (QED) is 0.0951. The Hall–Kier alpha value is -6.36. The molecule has 0 radical (unpaired) electrons. The van der Waals surface area contributed by atoms with E-state index in [1.54, 1.807) is 27.7 Å². The minimum atomic E-state index is -1.77. The van der Waals surface area contributed by atoms with E-state index in [0.29, 0.717) is 37.8 Å². The van der Waals surface area contributed by atoms with Crippen molar-refractivity contribution in [3.05, 3.63) is 18.2 Å². The van der Waals surface area contributed by atoms with Gasteiger partial charge in [-0.2, -0.15) is 0 Å². The van der Waals surface area contributed by atoms with E-state index < -0.39 is 168 Å². The molecule has 0 saturated carbocycles. The van der Waals surface area contributed by atoms with Crippen LogP contribution in [-0.4, -0.2) is 240 Å². The van der Waals surface area contributed by atoms with Gasteiger partial charge in [0.1, 0.15) is 72.5 Å². The zero-order valence-corrected chi connectivity index (χ0v) is 52.3. The summed E-state index contributed by atoms with van der Waals surface area (Å²) in [5.74, 6) is -12.8. The smallest absolute Gasteiger partial charge is 0.327 e. The first-order valence-electron chi connectivity index (χ1n) is 29.3. The maximum absolute atomic E-state index is 14.8. The number of aromatic amines is 1. The van der Waals surface area contributed by atoms with E-state index in [4.69, 9.17) is 5.73 Å². The highest BCUT2D eigenvalue weighted by Crippen LogP contribution is 2.29. The third-order valence-corrected chi connectivity index (χ3v) is 20.6. The zero-order chi connectivity index (χ0) is 63.5. The molecule has 482 valence electrons. The summed E-state index contributed by atoms with van der Waals surface area (Å²) in [5, 5.41) is 44.6. The maximum atomic E-state index is 14.8. The number of rotatable bonds is 11. The number of nitrogens with two attached hydrogens (primary N) is 1. The van der Waals surface area contributed by atoms with Crippen molar-refractivity contribution < 1.29 is 72.5 Å². The lowest BCUT2D eigenvalue weighted by Gasteiger charge is -2.33. The number of carbonyl (C=O) groups is 13. The van der Waals surface area contributed by atoms with Crippen molar-refractivity contribution in [3.8, 4) is 0 Å². The van der Waals surface area contributed by atoms with Gasteiger partial charge in [-0.3, -0.25) is 57.5 Å². The predicted molar refractivity (Wildman–Crippen MR) is 322 cm³/mol. The Bertz CT molecular complexity index is 2660. The first-order valence-corrected chi connectivity index (χ1v) is 34.3. The predicted octanol–water partition coefficient (Wildman–Crippen LogP) is -3.63. The van der Waals surface area contributed by atoms with Crippen LogP contribution in [0.3, 0.4) is 0 Å². The Morgan fingerprint density at radius 3 is 1.71 bits per heavy atom. The molecule has 34 heteroatoms. The number of amides is 12. The van der Waals surface area contributed by atoms with Gasteiger partial charge in [0.25, 0.3) is 0 Å². The normalized spacial score (nSPS) is 30.0. The van der Waals surface area contributed by atoms with E-state index in [9.17, 15) is 72.5 Å². The van der Waals surface area contributed by atoms with Crippen molar-refractivity contribution in [2.24, 2.45) is 11.7 Å². The van der Waals surface area contributed by atoms with Gasteiger partial charge in [-0.05, 0) is 57.3 Å². The SMILES string of the molecule is CCC[C@@H]1NC(=O)[C@H](CC)NC(=O)[C@H]([C@H](C)CC)NC(=O)[C@@H]2CSSC[C@H](NC(=O)CN)C(=O)N[C@@H](CSSC[C@@H](C(=O)O)NC(=O)[C@@H]3CCCN3C1=O)C(=O)N[C@@H](CO)C(=O)N[C@@H](Cc1cnc[nH]1)C(=O)N1CCC[C@H]1C(=O)N1CCC[C@H]1C(=O)N2. The molecule has 5 saturated heterocycles. The monoisotopic (exact) mass is 1300 g/mol. The molecule has 0 spiro atoms. The standard InChI is InChI=1S/C53H81N15O15S4/c1-5-11-30-50(79)66-15-8-12-37(66)48(77)64-36(53(82)83)25-87-86-23-34-45(74)61-32(21-69)43(72)60-31(18-28-20-55-26-56-28)51(80)68-17-10-14-39(68)52(81)67-16-9-13-38(67)47(76)63-35(24-85-84-22-33(44(73)62-34)57-40(70)19-54)46(75)65-41(27(4)6-2)49(78)58-29(7-3)42(71)59-30/h20,26-27,29-39,41,69H,5-19,21-25,54H2,1-4H3,(H,55,56)(H,57,70)(H,58,78)(H,59,71)(H,60,72)(H,61,74)(H,62,73)(H,63,76)(H,64,77)(H,65,75)(H,82,83)/t27-,29+,30+,31+,32+,33+,34+,35+,36+,37+,38+,39+,41+/m1/s1. The van der Waals surface area contributed by atoms with Crippen LogP contribution in [0, 0.1) is 5.92 Å². The summed E-state index contributed by atoms with van der Waals surface area (Å²) in [7, 11) is 3.69. The van der Waals surface area contributed by atoms with Crippen molar-refractivity contribution in [2.75, 3.05) is 55.8 Å². The number of carboxylic acid groups (broad SMARTS) is 1. The molecule has 2 bridgehead atoms. The number of imidazole rings is 1. The van der Waals surface area contributed by atoms with E-state index in [-0.39, 0.29) is 81.2 Å². The number of aliphatic hydroxyl groups is 1. The number of carbonyl (C=O) groups excluding carboxylic acids is 12. The maximum Gasteiger partial charge on any atom is 0.327 e. The molecular formula is C53H81N15O15S4. The van der Waals surface area contributed by atoms with Crippen molar-refractivity contribution in [3.63, 3.8) is 0 Å². The van der Waals surface area contributed by atoms with Gasteiger partial charge in [0, 0.05) is 61.0 Å². The van der Waals surface area contributed by atoms with Gasteiger partial charge in [-0.1, -0.05) is 83.7 Å². The zero-order valence-electron chi connectivity index (χ0n) is 49.0. The lowest BCUT2D eigenvalue weighted by atomic mass is 9.97. The second-order valence-corrected chi connectivity index (χ2v) is 26.9. The third-order valence-electron chi connectivity index (χ3n) is 15.8. The third kappa shape index (κ3) is 18.8. The highest BCUT2D eigenvalue weighted by Gasteiger charge is 2.46. The number of aliphatic carboxylic acids is 1. The van der Waals surface area contributed by atoms with Gasteiger partial charge in [0.05, 0.1) is 19.5 Å². The van der Waals surface area contributed by atoms with Gasteiger partial charge in [-0.25, -0.2) is 9.78 Å². The number of aromatic nitrogens is 2. The summed E-state index contributed by atoms with van der Waals surface area (Å²) in [4.78, 5) is 195. The van der Waals surface area contributed by atoms with E-state index in [1.807, 2.05) is 0 Å². The molecule has 6 rings (SSSR count). The number of carboxylic acids is 1. The van der Waals surface area contributed by atoms with Gasteiger partial charge >= 0.3 is 5.97 Å². The molecule has 5 aliphatic rings. The molecule has 87 heavy (non-hydrogen) atoms. The van der Waals surface area contributed by atoms with Crippen LogP contribution in [0.25, 0.3) is 0 Å². The van der Waals surface area contributed by atoms with Crippen molar-refractivity contribution >= 4 is 120 Å². The van der Waals surface area contributed by atoms with Crippen LogP contribution in [-0.2, 0) is 68.7 Å². The summed E-state index contributed by atoms with van der Waals surface area (Å²) in [6.45, 7) is 5.56. The number of nitrogens with one attached hydrogen (secondary N) is 10. The molecule has 0 unspecified atom stereocenters. The number of hydrogen-bond acceptors (Lipinski definition) is 20. The second kappa shape index (κ2) is 33.8. The molecular weight excluding hydrogens is 1210 g/mol. The summed E-state index contributed by atoms with van der Waals surface area (Å²) in [6, 6.07) is -16.4. The molecule has 6 heterocycles. The molecule has 14 N–H and O–H groups in total. The van der Waals surface area contributed by atoms with E-state index in [2.05, 4.69) is 57.8 Å². The average Bonchev–Trinajstić information content (AvgIpc) is 2.42. The van der Waals surface area contributed by atoms with Crippen molar-refractivity contribution in [2.45, 2.75) is 171 Å². The van der Waals surface area contributed by atoms with Crippen LogP contribution >= 0.6 is 43.2 Å². The topological polar surface area (TPSA) is 435 Å². The van der Waals surface area contributed by atoms with Crippen molar-refractivity contribution in [1.82, 2.24) is 72.5 Å². The minimum absolute atomic E-state index is 0.0362. The van der Waals surface area contributed by atoms with E-state index in [0.717, 1.165) is 43.2 Å². The van der Waals surface area contributed by atoms with E-state index >= 15 is 0 Å². The second-order valence-electron chi connectivity index (χ2n) is 21.8. The van der Waals surface area contributed by atoms with Gasteiger partial charge in [-0.15, -0.1) is 0 Å². The highest BCUT2D eigenvalue weighted by atomic mass is 33.1. The molecule has 30 nitrogen and oxygen atoms in total. The first-order chi connectivity index (χ1) is 41.6. The van der Waals surface area contributed by atoms with E-state index in [1.165, 1.54) is 27.2 Å². The molecule has 5 aliphatic heterocycles. The van der Waals surface area contributed by atoms with Crippen LogP contribution in [0.2, 0.25) is 0 Å². The Balaban J connectivity index is 1.44. The Labute approximate surface area is 519 Å². The van der Waals surface area contributed by atoms with Crippen LogP contribution in [0.1, 0.15) is 97.6 Å². The number of nitrogens with zero attached hydrogens (tertiary/aromatic N) is 4. The van der Waals surface area contributed by atoms with Gasteiger partial charge < -0.3 is 83.5 Å². The summed E-state index contributed by atoms with van der Waals surface area (Å²) < 4.78 is 0. The fourth-order valence-electron chi connectivity index (χ4n) is 10.7. The molecule has 0 aromatic carbocycles. The first kappa shape index (κ1) is 69.7. The van der Waals surface area contributed by atoms with Crippen LogP contribution in [0.15, 0.2) is 12.5 Å². The molecule has 0 aliphatic carbocycles. The molecule has 1 aromatic heterocycles. The number of aliphatic hydroxyl groups excluding tert-OH is 1. The Morgan fingerprint density at radius 1 is 0.621 bits per heavy atom.